The van der Waals surface area contributed by atoms with Gasteiger partial charge in [0.1, 0.15) is 16.5 Å². The predicted molar refractivity (Wildman–Crippen MR) is 91.4 cm³/mol. The number of hydrogen-bond acceptors (Lipinski definition) is 5. The Labute approximate surface area is 139 Å². The van der Waals surface area contributed by atoms with Crippen molar-refractivity contribution in [3.05, 3.63) is 58.9 Å². The zero-order chi connectivity index (χ0) is 16.6. The lowest BCUT2D eigenvalue weighted by Crippen LogP contribution is -2.18. The molecule has 7 heteroatoms. The largest absolute Gasteiger partial charge is 0.315 e. The van der Waals surface area contributed by atoms with Crippen molar-refractivity contribution in [2.75, 3.05) is 17.0 Å². The van der Waals surface area contributed by atoms with Gasteiger partial charge in [0.15, 0.2) is 9.84 Å². The van der Waals surface area contributed by atoms with E-state index in [1.54, 1.807) is 17.8 Å². The maximum atomic E-state index is 14.1. The van der Waals surface area contributed by atoms with Gasteiger partial charge in [-0.2, -0.15) is 0 Å². The Hall–Kier alpha value is -1.86. The molecule has 1 aromatic carbocycles. The maximum Gasteiger partial charge on any atom is 0.178 e. The highest BCUT2D eigenvalue weighted by molar-refractivity contribution is 8.02. The van der Waals surface area contributed by atoms with Crippen molar-refractivity contribution in [1.29, 1.82) is 0 Å². The minimum Gasteiger partial charge on any atom is -0.315 e. The third-order valence-electron chi connectivity index (χ3n) is 3.47. The molecule has 0 atom stereocenters. The Morgan fingerprint density at radius 2 is 2.04 bits per heavy atom. The SMILES string of the molecule is Cc1cccc(N2CSC=C2c2ccc(S(C)(=O)=O)c(F)c2)n1. The average Bonchev–Trinajstić information content (AvgIpc) is 2.95. The van der Waals surface area contributed by atoms with E-state index in [1.807, 2.05) is 35.4 Å². The molecule has 1 aromatic heterocycles. The first kappa shape index (κ1) is 16.0. The first-order valence-electron chi connectivity index (χ1n) is 6.89. The standard InChI is InChI=1S/C16H15FN2O2S2/c1-11-4-3-5-16(18-11)19-10-22-9-14(19)12-6-7-15(13(17)8-12)23(2,20)21/h3-9H,10H2,1-2H3. The quantitative estimate of drug-likeness (QED) is 0.849. The Morgan fingerprint density at radius 1 is 1.26 bits per heavy atom. The lowest BCUT2D eigenvalue weighted by molar-refractivity contribution is 0.570. The summed E-state index contributed by atoms with van der Waals surface area (Å²) in [5.74, 6) is 0.732. The summed E-state index contributed by atoms with van der Waals surface area (Å²) in [4.78, 5) is 6.19. The highest BCUT2D eigenvalue weighted by Crippen LogP contribution is 2.35. The molecular formula is C16H15FN2O2S2. The molecule has 0 aliphatic carbocycles. The number of benzene rings is 1. The summed E-state index contributed by atoms with van der Waals surface area (Å²) in [6.07, 6.45) is 0.999. The molecule has 23 heavy (non-hydrogen) atoms. The van der Waals surface area contributed by atoms with Crippen LogP contribution < -0.4 is 4.90 Å². The molecule has 0 saturated carbocycles. The van der Waals surface area contributed by atoms with Crippen LogP contribution in [0.4, 0.5) is 10.2 Å². The second kappa shape index (κ2) is 5.98. The first-order valence-corrected chi connectivity index (χ1v) is 9.83. The summed E-state index contributed by atoms with van der Waals surface area (Å²) in [5, 5.41) is 1.93. The predicted octanol–water partition coefficient (Wildman–Crippen LogP) is 3.44. The van der Waals surface area contributed by atoms with Crippen LogP contribution in [0.5, 0.6) is 0 Å². The Bertz CT molecular complexity index is 895. The molecule has 120 valence electrons. The number of nitrogens with zero attached hydrogens (tertiary/aromatic N) is 2. The minimum atomic E-state index is -3.57. The van der Waals surface area contributed by atoms with E-state index in [-0.39, 0.29) is 4.90 Å². The van der Waals surface area contributed by atoms with Crippen molar-refractivity contribution < 1.29 is 12.8 Å². The average molecular weight is 350 g/mol. The van der Waals surface area contributed by atoms with E-state index >= 15 is 0 Å². The van der Waals surface area contributed by atoms with Gasteiger partial charge in [0.05, 0.1) is 11.6 Å². The summed E-state index contributed by atoms with van der Waals surface area (Å²) in [7, 11) is -3.57. The van der Waals surface area contributed by atoms with Crippen molar-refractivity contribution in [3.8, 4) is 0 Å². The number of halogens is 1. The summed E-state index contributed by atoms with van der Waals surface area (Å²) in [5.41, 5.74) is 2.34. The minimum absolute atomic E-state index is 0.285. The third-order valence-corrected chi connectivity index (χ3v) is 5.39. The van der Waals surface area contributed by atoms with Crippen molar-refractivity contribution in [3.63, 3.8) is 0 Å². The van der Waals surface area contributed by atoms with E-state index in [1.165, 1.54) is 12.1 Å². The van der Waals surface area contributed by atoms with Crippen LogP contribution in [0.1, 0.15) is 11.3 Å². The number of thioether (sulfide) groups is 1. The van der Waals surface area contributed by atoms with Gasteiger partial charge in [-0.15, -0.1) is 11.8 Å². The molecule has 0 saturated heterocycles. The fraction of sp³-hybridized carbons (Fsp3) is 0.188. The Kier molecular flexibility index (Phi) is 4.16. The zero-order valence-corrected chi connectivity index (χ0v) is 14.3. The smallest absolute Gasteiger partial charge is 0.178 e. The lowest BCUT2D eigenvalue weighted by atomic mass is 10.1. The normalized spacial score (nSPS) is 14.9. The van der Waals surface area contributed by atoms with E-state index in [2.05, 4.69) is 4.98 Å². The molecule has 0 radical (unpaired) electrons. The van der Waals surface area contributed by atoms with Gasteiger partial charge in [0, 0.05) is 17.5 Å². The van der Waals surface area contributed by atoms with Crippen LogP contribution >= 0.6 is 11.8 Å². The molecule has 0 bridgehead atoms. The summed E-state index contributed by atoms with van der Waals surface area (Å²) >= 11 is 1.58. The molecular weight excluding hydrogens is 335 g/mol. The highest BCUT2D eigenvalue weighted by atomic mass is 32.2. The summed E-state index contributed by atoms with van der Waals surface area (Å²) in [6, 6.07) is 9.93. The van der Waals surface area contributed by atoms with Crippen molar-refractivity contribution in [2.24, 2.45) is 0 Å². The molecule has 2 aromatic rings. The maximum absolute atomic E-state index is 14.1. The van der Waals surface area contributed by atoms with E-state index in [9.17, 15) is 12.8 Å². The van der Waals surface area contributed by atoms with Gasteiger partial charge in [-0.25, -0.2) is 17.8 Å². The number of aryl methyl sites for hydroxylation is 1. The van der Waals surface area contributed by atoms with Crippen LogP contribution in [-0.2, 0) is 9.84 Å². The van der Waals surface area contributed by atoms with E-state index in [4.69, 9.17) is 0 Å². The molecule has 0 amide bonds. The number of aromatic nitrogens is 1. The van der Waals surface area contributed by atoms with Crippen molar-refractivity contribution in [1.82, 2.24) is 4.98 Å². The number of anilines is 1. The van der Waals surface area contributed by atoms with Crippen molar-refractivity contribution >= 4 is 33.1 Å². The number of sulfone groups is 1. The fourth-order valence-electron chi connectivity index (χ4n) is 2.38. The Morgan fingerprint density at radius 3 is 2.70 bits per heavy atom. The van der Waals surface area contributed by atoms with Gasteiger partial charge in [0.25, 0.3) is 0 Å². The summed E-state index contributed by atoms with van der Waals surface area (Å²) < 4.78 is 37.2. The van der Waals surface area contributed by atoms with Crippen LogP contribution in [0.25, 0.3) is 5.70 Å². The van der Waals surface area contributed by atoms with Crippen LogP contribution in [-0.4, -0.2) is 25.5 Å². The van der Waals surface area contributed by atoms with Crippen LogP contribution in [0.3, 0.4) is 0 Å². The molecule has 1 aliphatic rings. The molecule has 2 heterocycles. The molecule has 0 spiro atoms. The number of hydrogen-bond donors (Lipinski definition) is 0. The molecule has 0 fully saturated rings. The van der Waals surface area contributed by atoms with Gasteiger partial charge in [-0.1, -0.05) is 12.1 Å². The van der Waals surface area contributed by atoms with Crippen LogP contribution in [0.2, 0.25) is 0 Å². The van der Waals surface area contributed by atoms with Gasteiger partial charge in [-0.05, 0) is 36.6 Å². The second-order valence-corrected chi connectivity index (χ2v) is 8.09. The molecule has 0 N–H and O–H groups in total. The van der Waals surface area contributed by atoms with Gasteiger partial charge < -0.3 is 4.90 Å². The fourth-order valence-corrected chi connectivity index (χ4v) is 4.02. The monoisotopic (exact) mass is 350 g/mol. The number of pyridine rings is 1. The van der Waals surface area contributed by atoms with E-state index in [0.29, 0.717) is 11.4 Å². The molecule has 3 rings (SSSR count). The third kappa shape index (κ3) is 3.25. The summed E-state index contributed by atoms with van der Waals surface area (Å²) in [6.45, 7) is 1.91. The van der Waals surface area contributed by atoms with Gasteiger partial charge in [-0.3, -0.25) is 0 Å². The first-order chi connectivity index (χ1) is 10.9. The highest BCUT2D eigenvalue weighted by Gasteiger charge is 2.22. The Balaban J connectivity index is 1.99. The van der Waals surface area contributed by atoms with Crippen LogP contribution in [0, 0.1) is 12.7 Å². The molecule has 4 nitrogen and oxygen atoms in total. The molecule has 0 unspecified atom stereocenters. The van der Waals surface area contributed by atoms with Crippen LogP contribution in [0.15, 0.2) is 46.7 Å². The molecule has 1 aliphatic heterocycles. The van der Waals surface area contributed by atoms with Gasteiger partial charge >= 0.3 is 0 Å². The number of rotatable bonds is 3. The topological polar surface area (TPSA) is 50.3 Å². The van der Waals surface area contributed by atoms with E-state index < -0.39 is 15.7 Å². The zero-order valence-electron chi connectivity index (χ0n) is 12.7. The van der Waals surface area contributed by atoms with E-state index in [0.717, 1.165) is 23.5 Å². The second-order valence-electron chi connectivity index (χ2n) is 5.28. The lowest BCUT2D eigenvalue weighted by Gasteiger charge is -2.21. The van der Waals surface area contributed by atoms with Crippen molar-refractivity contribution in [2.45, 2.75) is 11.8 Å². The van der Waals surface area contributed by atoms with Gasteiger partial charge in [0.2, 0.25) is 0 Å².